The average molecular weight is 352 g/mol. The maximum absolute atomic E-state index is 12.3. The molecular formula is C22H28N2O2. The van der Waals surface area contributed by atoms with Crippen LogP contribution in [0.2, 0.25) is 0 Å². The largest absolute Gasteiger partial charge is 0.497 e. The van der Waals surface area contributed by atoms with E-state index in [2.05, 4.69) is 36.2 Å². The smallest absolute Gasteiger partial charge is 0.244 e. The molecule has 2 rings (SSSR count). The minimum atomic E-state index is -0.0964. The van der Waals surface area contributed by atoms with Gasteiger partial charge in [-0.1, -0.05) is 56.3 Å². The fourth-order valence-electron chi connectivity index (χ4n) is 2.97. The molecular weight excluding hydrogens is 324 g/mol. The van der Waals surface area contributed by atoms with E-state index in [4.69, 9.17) is 4.74 Å². The molecule has 2 aromatic carbocycles. The van der Waals surface area contributed by atoms with Crippen LogP contribution in [0.3, 0.4) is 0 Å². The lowest BCUT2D eigenvalue weighted by atomic mass is 10.1. The van der Waals surface area contributed by atoms with Crippen LogP contribution in [0.15, 0.2) is 60.7 Å². The first-order valence-corrected chi connectivity index (χ1v) is 9.06. The highest BCUT2D eigenvalue weighted by atomic mass is 16.5. The van der Waals surface area contributed by atoms with Gasteiger partial charge in [-0.2, -0.15) is 0 Å². The molecule has 0 radical (unpaired) electrons. The highest BCUT2D eigenvalue weighted by molar-refractivity contribution is 5.91. The van der Waals surface area contributed by atoms with Crippen LogP contribution in [-0.2, 0) is 4.79 Å². The summed E-state index contributed by atoms with van der Waals surface area (Å²) < 4.78 is 5.20. The first-order valence-electron chi connectivity index (χ1n) is 9.06. The van der Waals surface area contributed by atoms with E-state index < -0.39 is 0 Å². The minimum Gasteiger partial charge on any atom is -0.497 e. The van der Waals surface area contributed by atoms with Crippen molar-refractivity contribution >= 4 is 12.0 Å². The fraction of sp³-hybridized carbons (Fsp3) is 0.318. The fourth-order valence-corrected chi connectivity index (χ4v) is 2.97. The summed E-state index contributed by atoms with van der Waals surface area (Å²) in [5.74, 6) is 0.680. The summed E-state index contributed by atoms with van der Waals surface area (Å²) in [6.07, 6.45) is 3.37. The normalized spacial score (nSPS) is 12.3. The second-order valence-electron chi connectivity index (χ2n) is 6.00. The molecule has 4 heteroatoms. The number of rotatable bonds is 9. The number of likely N-dealkylation sites (N-methyl/N-ethyl adjacent to an activating group) is 1. The molecule has 0 bridgehead atoms. The predicted molar refractivity (Wildman–Crippen MR) is 107 cm³/mol. The zero-order chi connectivity index (χ0) is 18.8. The van der Waals surface area contributed by atoms with Crippen LogP contribution in [0.5, 0.6) is 5.75 Å². The first kappa shape index (κ1) is 19.7. The number of nitrogens with zero attached hydrogens (tertiary/aromatic N) is 1. The molecule has 0 saturated heterocycles. The summed E-state index contributed by atoms with van der Waals surface area (Å²) in [6.45, 7) is 6.73. The third-order valence-corrected chi connectivity index (χ3v) is 4.43. The quantitative estimate of drug-likeness (QED) is 0.696. The number of benzene rings is 2. The zero-order valence-electron chi connectivity index (χ0n) is 15.8. The van der Waals surface area contributed by atoms with E-state index in [9.17, 15) is 4.79 Å². The van der Waals surface area contributed by atoms with Gasteiger partial charge in [-0.3, -0.25) is 9.69 Å². The number of amides is 1. The Kier molecular flexibility index (Phi) is 7.90. The second-order valence-corrected chi connectivity index (χ2v) is 6.00. The van der Waals surface area contributed by atoms with Crippen molar-refractivity contribution < 1.29 is 9.53 Å². The van der Waals surface area contributed by atoms with Crippen molar-refractivity contribution in [3.63, 3.8) is 0 Å². The van der Waals surface area contributed by atoms with Gasteiger partial charge in [0.2, 0.25) is 5.91 Å². The third-order valence-electron chi connectivity index (χ3n) is 4.43. The molecule has 0 aromatic heterocycles. The summed E-state index contributed by atoms with van der Waals surface area (Å²) in [6, 6.07) is 18.1. The Morgan fingerprint density at radius 2 is 1.85 bits per heavy atom. The number of hydrogen-bond acceptors (Lipinski definition) is 3. The number of carbonyl (C=O) groups is 1. The van der Waals surface area contributed by atoms with Crippen molar-refractivity contribution in [1.82, 2.24) is 10.2 Å². The van der Waals surface area contributed by atoms with E-state index >= 15 is 0 Å². The van der Waals surface area contributed by atoms with Crippen molar-refractivity contribution in [1.29, 1.82) is 0 Å². The highest BCUT2D eigenvalue weighted by Gasteiger charge is 2.18. The number of hydrogen-bond donors (Lipinski definition) is 1. The van der Waals surface area contributed by atoms with Gasteiger partial charge >= 0.3 is 0 Å². The molecule has 4 nitrogen and oxygen atoms in total. The Morgan fingerprint density at radius 1 is 1.12 bits per heavy atom. The van der Waals surface area contributed by atoms with Gasteiger partial charge in [0.05, 0.1) is 13.2 Å². The van der Waals surface area contributed by atoms with Crippen LogP contribution in [-0.4, -0.2) is 37.6 Å². The first-order chi connectivity index (χ1) is 12.7. The molecule has 0 aliphatic heterocycles. The Morgan fingerprint density at radius 3 is 2.50 bits per heavy atom. The monoisotopic (exact) mass is 352 g/mol. The molecule has 1 N–H and O–H groups in total. The van der Waals surface area contributed by atoms with Crippen molar-refractivity contribution in [3.05, 3.63) is 71.8 Å². The molecule has 1 atom stereocenters. The SMILES string of the molecule is CCN(CC)[C@@H](CNC(=O)/C=C\c1cccc(OC)c1)c1ccccc1. The van der Waals surface area contributed by atoms with E-state index in [1.807, 2.05) is 42.5 Å². The summed E-state index contributed by atoms with van der Waals surface area (Å²) in [4.78, 5) is 14.6. The van der Waals surface area contributed by atoms with Crippen LogP contribution < -0.4 is 10.1 Å². The lowest BCUT2D eigenvalue weighted by Crippen LogP contribution is -2.37. The lowest BCUT2D eigenvalue weighted by molar-refractivity contribution is -0.116. The van der Waals surface area contributed by atoms with Crippen LogP contribution in [0.1, 0.15) is 31.0 Å². The highest BCUT2D eigenvalue weighted by Crippen LogP contribution is 2.19. The van der Waals surface area contributed by atoms with E-state index in [1.165, 1.54) is 5.56 Å². The van der Waals surface area contributed by atoms with Gasteiger partial charge in [0.1, 0.15) is 5.75 Å². The van der Waals surface area contributed by atoms with E-state index in [0.29, 0.717) is 6.54 Å². The molecule has 2 aromatic rings. The second kappa shape index (κ2) is 10.4. The Bertz CT molecular complexity index is 709. The molecule has 0 fully saturated rings. The van der Waals surface area contributed by atoms with Crippen molar-refractivity contribution in [2.45, 2.75) is 19.9 Å². The van der Waals surface area contributed by atoms with Crippen LogP contribution >= 0.6 is 0 Å². The maximum atomic E-state index is 12.3. The predicted octanol–water partition coefficient (Wildman–Crippen LogP) is 3.91. The number of carbonyl (C=O) groups excluding carboxylic acids is 1. The molecule has 0 aliphatic rings. The molecule has 138 valence electrons. The Hall–Kier alpha value is -2.59. The van der Waals surface area contributed by atoms with Gasteiger partial charge in [0.15, 0.2) is 0 Å². The van der Waals surface area contributed by atoms with Gasteiger partial charge in [0.25, 0.3) is 0 Å². The average Bonchev–Trinajstić information content (AvgIpc) is 2.70. The molecule has 0 unspecified atom stereocenters. The van der Waals surface area contributed by atoms with Gasteiger partial charge in [-0.15, -0.1) is 0 Å². The number of methoxy groups -OCH3 is 1. The van der Waals surface area contributed by atoms with Gasteiger partial charge < -0.3 is 10.1 Å². The topological polar surface area (TPSA) is 41.6 Å². The summed E-state index contributed by atoms with van der Waals surface area (Å²) in [5.41, 5.74) is 2.15. The number of nitrogens with one attached hydrogen (secondary N) is 1. The van der Waals surface area contributed by atoms with Gasteiger partial charge in [-0.05, 0) is 42.4 Å². The van der Waals surface area contributed by atoms with E-state index in [1.54, 1.807) is 19.3 Å². The maximum Gasteiger partial charge on any atom is 0.244 e. The standard InChI is InChI=1S/C22H28N2O2/c1-4-24(5-2)21(19-11-7-6-8-12-19)17-23-22(25)15-14-18-10-9-13-20(16-18)26-3/h6-16,21H,4-5,17H2,1-3H3,(H,23,25)/b15-14-/t21-/m0/s1. The molecule has 1 amide bonds. The molecule has 0 saturated carbocycles. The summed E-state index contributed by atoms with van der Waals surface area (Å²) in [5, 5.41) is 3.03. The van der Waals surface area contributed by atoms with Crippen LogP contribution in [0.4, 0.5) is 0 Å². The third kappa shape index (κ3) is 5.74. The minimum absolute atomic E-state index is 0.0964. The van der Waals surface area contributed by atoms with Crippen molar-refractivity contribution in [2.24, 2.45) is 0 Å². The Balaban J connectivity index is 2.01. The molecule has 0 heterocycles. The summed E-state index contributed by atoms with van der Waals surface area (Å²) >= 11 is 0. The van der Waals surface area contributed by atoms with Crippen LogP contribution in [0, 0.1) is 0 Å². The zero-order valence-corrected chi connectivity index (χ0v) is 15.8. The van der Waals surface area contributed by atoms with Crippen LogP contribution in [0.25, 0.3) is 6.08 Å². The van der Waals surface area contributed by atoms with Gasteiger partial charge in [-0.25, -0.2) is 0 Å². The van der Waals surface area contributed by atoms with Gasteiger partial charge in [0, 0.05) is 12.6 Å². The Labute approximate surface area is 156 Å². The molecule has 0 aliphatic carbocycles. The van der Waals surface area contributed by atoms with E-state index in [0.717, 1.165) is 24.4 Å². The lowest BCUT2D eigenvalue weighted by Gasteiger charge is -2.30. The number of ether oxygens (including phenoxy) is 1. The van der Waals surface area contributed by atoms with E-state index in [-0.39, 0.29) is 11.9 Å². The van der Waals surface area contributed by atoms with Crippen molar-refractivity contribution in [3.8, 4) is 5.75 Å². The molecule has 26 heavy (non-hydrogen) atoms. The summed E-state index contributed by atoms with van der Waals surface area (Å²) in [7, 11) is 1.63. The molecule has 0 spiro atoms. The van der Waals surface area contributed by atoms with Crippen molar-refractivity contribution in [2.75, 3.05) is 26.7 Å².